The second kappa shape index (κ2) is 8.42. The Morgan fingerprint density at radius 1 is 1.34 bits per heavy atom. The highest BCUT2D eigenvalue weighted by molar-refractivity contribution is 6.32. The zero-order valence-corrected chi connectivity index (χ0v) is 18.2. The van der Waals surface area contributed by atoms with Gasteiger partial charge in [-0.15, -0.1) is 0 Å². The lowest BCUT2D eigenvalue weighted by Gasteiger charge is -2.38. The summed E-state index contributed by atoms with van der Waals surface area (Å²) in [6.45, 7) is 5.05. The maximum Gasteiger partial charge on any atom is 0.435 e. The smallest absolute Gasteiger partial charge is 0.369 e. The van der Waals surface area contributed by atoms with E-state index in [1.807, 2.05) is 0 Å². The molecule has 2 amide bonds. The SMILES string of the molecule is CC1=CC=CC(C(N)=O)(c2cc(C(F)(F)F)nn2-c2ncccc2Cl)C1C(=O)NC(C)C. The summed E-state index contributed by atoms with van der Waals surface area (Å²) in [6, 6.07) is 3.34. The molecular weight excluding hydrogens is 447 g/mol. The molecule has 2 atom stereocenters. The van der Waals surface area contributed by atoms with Crippen LogP contribution in [0.25, 0.3) is 5.82 Å². The highest BCUT2D eigenvalue weighted by atomic mass is 35.5. The molecule has 2 aromatic heterocycles. The van der Waals surface area contributed by atoms with E-state index < -0.39 is 35.0 Å². The first kappa shape index (κ1) is 23.5. The normalized spacial score (nSPS) is 20.9. The predicted octanol–water partition coefficient (Wildman–Crippen LogP) is 3.32. The van der Waals surface area contributed by atoms with Gasteiger partial charge in [0.1, 0.15) is 5.41 Å². The highest BCUT2D eigenvalue weighted by Crippen LogP contribution is 2.44. The molecule has 0 radical (unpaired) electrons. The fraction of sp³-hybridized carbons (Fsp3) is 0.333. The van der Waals surface area contributed by atoms with Crippen LogP contribution in [0.4, 0.5) is 13.2 Å². The van der Waals surface area contributed by atoms with Crippen molar-refractivity contribution >= 4 is 23.4 Å². The van der Waals surface area contributed by atoms with Crippen molar-refractivity contribution in [1.82, 2.24) is 20.1 Å². The topological polar surface area (TPSA) is 103 Å². The van der Waals surface area contributed by atoms with Crippen LogP contribution in [0, 0.1) is 5.92 Å². The molecule has 2 heterocycles. The van der Waals surface area contributed by atoms with Crippen molar-refractivity contribution in [3.05, 3.63) is 64.6 Å². The van der Waals surface area contributed by atoms with Gasteiger partial charge >= 0.3 is 6.18 Å². The first-order valence-corrected chi connectivity index (χ1v) is 10.0. The second-order valence-corrected chi connectivity index (χ2v) is 8.14. The van der Waals surface area contributed by atoms with Crippen molar-refractivity contribution in [3.8, 4) is 5.82 Å². The van der Waals surface area contributed by atoms with Gasteiger partial charge in [0.25, 0.3) is 0 Å². The first-order chi connectivity index (χ1) is 14.9. The number of amides is 2. The molecule has 170 valence electrons. The van der Waals surface area contributed by atoms with Gasteiger partial charge in [-0.1, -0.05) is 35.4 Å². The number of nitrogens with two attached hydrogens (primary N) is 1. The molecule has 3 N–H and O–H groups in total. The third-order valence-electron chi connectivity index (χ3n) is 5.09. The Bertz CT molecular complexity index is 1120. The number of carbonyl (C=O) groups is 2. The van der Waals surface area contributed by atoms with Crippen LogP contribution in [-0.4, -0.2) is 32.6 Å². The van der Waals surface area contributed by atoms with Gasteiger partial charge < -0.3 is 11.1 Å². The number of pyridine rings is 1. The van der Waals surface area contributed by atoms with Crippen molar-refractivity contribution in [3.63, 3.8) is 0 Å². The van der Waals surface area contributed by atoms with E-state index in [0.717, 1.165) is 4.68 Å². The second-order valence-electron chi connectivity index (χ2n) is 7.73. The lowest BCUT2D eigenvalue weighted by Crippen LogP contribution is -2.54. The van der Waals surface area contributed by atoms with Crippen LogP contribution in [0.3, 0.4) is 0 Å². The Kier molecular flexibility index (Phi) is 6.19. The summed E-state index contributed by atoms with van der Waals surface area (Å²) in [5.41, 5.74) is 2.70. The first-order valence-electron chi connectivity index (χ1n) is 9.64. The zero-order chi connectivity index (χ0) is 23.8. The fourth-order valence-corrected chi connectivity index (χ4v) is 3.98. The molecule has 11 heteroatoms. The standard InChI is InChI=1S/C21H21ClF3N5O2/c1-11(2)28-18(31)16-12(3)6-4-8-20(16,19(26)32)15-10-14(21(23,24)25)29-30(15)17-13(22)7-5-9-27-17/h4-11,16H,1-3H3,(H2,26,32)(H,28,31). The van der Waals surface area contributed by atoms with Gasteiger partial charge in [-0.05, 0) is 39.0 Å². The third-order valence-corrected chi connectivity index (χ3v) is 5.39. The molecule has 1 aliphatic rings. The van der Waals surface area contributed by atoms with Crippen molar-refractivity contribution in [2.75, 3.05) is 0 Å². The van der Waals surface area contributed by atoms with Crippen LogP contribution in [-0.2, 0) is 21.2 Å². The Morgan fingerprint density at radius 2 is 2.03 bits per heavy atom. The number of halogens is 4. The molecule has 1 aliphatic carbocycles. The average Bonchev–Trinajstić information content (AvgIpc) is 3.13. The molecule has 0 spiro atoms. The minimum Gasteiger partial charge on any atom is -0.369 e. The molecule has 3 rings (SSSR count). The monoisotopic (exact) mass is 467 g/mol. The maximum absolute atomic E-state index is 13.6. The van der Waals surface area contributed by atoms with E-state index in [1.54, 1.807) is 26.8 Å². The number of hydrogen-bond donors (Lipinski definition) is 2. The van der Waals surface area contributed by atoms with E-state index in [-0.39, 0.29) is 22.6 Å². The van der Waals surface area contributed by atoms with Gasteiger partial charge in [-0.3, -0.25) is 9.59 Å². The zero-order valence-electron chi connectivity index (χ0n) is 17.4. The lowest BCUT2D eigenvalue weighted by atomic mass is 9.66. The number of carbonyl (C=O) groups excluding carboxylic acids is 2. The number of nitrogens with zero attached hydrogens (tertiary/aromatic N) is 3. The molecule has 0 saturated heterocycles. The van der Waals surface area contributed by atoms with Crippen LogP contribution >= 0.6 is 11.6 Å². The number of nitrogens with one attached hydrogen (secondary N) is 1. The van der Waals surface area contributed by atoms with E-state index in [4.69, 9.17) is 17.3 Å². The molecule has 0 fully saturated rings. The number of aromatic nitrogens is 3. The minimum absolute atomic E-state index is 0.000398. The number of hydrogen-bond acceptors (Lipinski definition) is 4. The van der Waals surface area contributed by atoms with Crippen LogP contribution in [0.1, 0.15) is 32.2 Å². The number of alkyl halides is 3. The Balaban J connectivity index is 2.37. The highest BCUT2D eigenvalue weighted by Gasteiger charge is 2.53. The van der Waals surface area contributed by atoms with Crippen LogP contribution < -0.4 is 11.1 Å². The van der Waals surface area contributed by atoms with E-state index >= 15 is 0 Å². The minimum atomic E-state index is -4.83. The largest absolute Gasteiger partial charge is 0.435 e. The summed E-state index contributed by atoms with van der Waals surface area (Å²) in [7, 11) is 0. The Labute approximate surface area is 187 Å². The van der Waals surface area contributed by atoms with E-state index in [1.165, 1.54) is 30.5 Å². The number of allylic oxidation sites excluding steroid dienone is 2. The van der Waals surface area contributed by atoms with Crippen LogP contribution in [0.2, 0.25) is 5.02 Å². The maximum atomic E-state index is 13.6. The molecule has 7 nitrogen and oxygen atoms in total. The average molecular weight is 468 g/mol. The van der Waals surface area contributed by atoms with E-state index in [0.29, 0.717) is 11.6 Å². The summed E-state index contributed by atoms with van der Waals surface area (Å²) in [6.07, 6.45) is 0.882. The van der Waals surface area contributed by atoms with Gasteiger partial charge in [0.05, 0.1) is 16.6 Å². The van der Waals surface area contributed by atoms with Crippen molar-refractivity contribution in [2.24, 2.45) is 11.7 Å². The van der Waals surface area contributed by atoms with Crippen molar-refractivity contribution in [2.45, 2.75) is 38.4 Å². The molecule has 0 aliphatic heterocycles. The lowest BCUT2D eigenvalue weighted by molar-refractivity contribution is -0.141. The Morgan fingerprint density at radius 3 is 2.59 bits per heavy atom. The Hall–Kier alpha value is -3.14. The van der Waals surface area contributed by atoms with Gasteiger partial charge in [0.2, 0.25) is 11.8 Å². The third kappa shape index (κ3) is 4.02. The quantitative estimate of drug-likeness (QED) is 0.704. The molecule has 32 heavy (non-hydrogen) atoms. The van der Waals surface area contributed by atoms with Crippen LogP contribution in [0.15, 0.2) is 48.2 Å². The molecule has 0 bridgehead atoms. The summed E-state index contributed by atoms with van der Waals surface area (Å²) in [5, 5.41) is 6.36. The number of rotatable bonds is 5. The van der Waals surface area contributed by atoms with Gasteiger partial charge in [0.15, 0.2) is 11.5 Å². The van der Waals surface area contributed by atoms with Crippen LogP contribution in [0.5, 0.6) is 0 Å². The summed E-state index contributed by atoms with van der Waals surface area (Å²) in [4.78, 5) is 30.1. The van der Waals surface area contributed by atoms with Gasteiger partial charge in [-0.2, -0.15) is 18.3 Å². The predicted molar refractivity (Wildman–Crippen MR) is 112 cm³/mol. The summed E-state index contributed by atoms with van der Waals surface area (Å²) >= 11 is 6.19. The molecular formula is C21H21ClF3N5O2. The van der Waals surface area contributed by atoms with Gasteiger partial charge in [0, 0.05) is 12.2 Å². The molecule has 0 saturated carbocycles. The summed E-state index contributed by atoms with van der Waals surface area (Å²) in [5.74, 6) is -2.94. The fourth-order valence-electron chi connectivity index (χ4n) is 3.78. The molecule has 0 aromatic carbocycles. The summed E-state index contributed by atoms with van der Waals surface area (Å²) < 4.78 is 41.8. The van der Waals surface area contributed by atoms with E-state index in [2.05, 4.69) is 15.4 Å². The van der Waals surface area contributed by atoms with E-state index in [9.17, 15) is 22.8 Å². The van der Waals surface area contributed by atoms with Gasteiger partial charge in [-0.25, -0.2) is 9.67 Å². The molecule has 2 aromatic rings. The van der Waals surface area contributed by atoms with Crippen molar-refractivity contribution in [1.29, 1.82) is 0 Å². The molecule has 2 unspecified atom stereocenters. The van der Waals surface area contributed by atoms with Crippen molar-refractivity contribution < 1.29 is 22.8 Å². The number of primary amides is 1.